The highest BCUT2D eigenvalue weighted by Gasteiger charge is 1.74. The zero-order valence-corrected chi connectivity index (χ0v) is 5.03. The molecule has 0 aromatic heterocycles. The number of hydrogen-bond acceptors (Lipinski definition) is 2. The molecule has 2 N–H and O–H groups in total. The third-order valence-electron chi connectivity index (χ3n) is 0.610. The van der Waals surface area contributed by atoms with E-state index in [2.05, 4.69) is 9.98 Å². The second kappa shape index (κ2) is 6.81. The molecule has 0 aromatic rings. The number of aliphatic imine (C=N–C) groups is 2. The van der Waals surface area contributed by atoms with Crippen molar-refractivity contribution in [1.29, 1.82) is 0 Å². The molecule has 0 spiro atoms. The van der Waals surface area contributed by atoms with E-state index in [4.69, 9.17) is 5.73 Å². The van der Waals surface area contributed by atoms with Crippen LogP contribution in [0.15, 0.2) is 9.98 Å². The first-order chi connectivity index (χ1) is 4.41. The summed E-state index contributed by atoms with van der Waals surface area (Å²) in [6.07, 6.45) is 3.72. The van der Waals surface area contributed by atoms with Gasteiger partial charge in [-0.05, 0) is 0 Å². The Labute approximate surface area is 53.5 Å². The normalized spacial score (nSPS) is 11.1. The molecule has 0 saturated carbocycles. The number of nitrogens with zero attached hydrogens (tertiary/aromatic N) is 2. The minimum atomic E-state index is 0.441. The first kappa shape index (κ1) is 7.81. The lowest BCUT2D eigenvalue weighted by Crippen LogP contribution is -1.88. The monoisotopic (exact) mass is 127 g/mol. The number of hydrogen-bond donors (Lipinski definition) is 1. The largest absolute Gasteiger partial charge is 0.390 e. The Morgan fingerprint density at radius 2 is 2.33 bits per heavy atom. The summed E-state index contributed by atoms with van der Waals surface area (Å²) in [6.45, 7) is 0.487. The van der Waals surface area contributed by atoms with Crippen molar-refractivity contribution in [2.24, 2.45) is 15.7 Å². The second-order valence-corrected chi connectivity index (χ2v) is 1.28. The Bertz CT molecular complexity index is 119. The molecule has 4 nitrogen and oxygen atoms in total. The summed E-state index contributed by atoms with van der Waals surface area (Å²) < 4.78 is 0. The summed E-state index contributed by atoms with van der Waals surface area (Å²) >= 11 is 0. The molecule has 0 aliphatic carbocycles. The van der Waals surface area contributed by atoms with Gasteiger partial charge in [-0.3, -0.25) is 4.99 Å². The first-order valence-corrected chi connectivity index (χ1v) is 2.57. The quantitative estimate of drug-likeness (QED) is 0.241. The molecule has 0 rings (SSSR count). The molecule has 0 fully saturated rings. The highest BCUT2D eigenvalue weighted by atomic mass is 16.1. The lowest BCUT2D eigenvalue weighted by atomic mass is 10.5. The van der Waals surface area contributed by atoms with Crippen LogP contribution < -0.4 is 5.73 Å². The van der Waals surface area contributed by atoms with Crippen molar-refractivity contribution in [1.82, 2.24) is 0 Å². The van der Waals surface area contributed by atoms with Crippen LogP contribution in [0.2, 0.25) is 0 Å². The molecule has 0 heterocycles. The van der Waals surface area contributed by atoms with Crippen molar-refractivity contribution in [3.8, 4) is 0 Å². The molecule has 0 aliphatic heterocycles. The van der Waals surface area contributed by atoms with Gasteiger partial charge in [0.15, 0.2) is 0 Å². The van der Waals surface area contributed by atoms with E-state index in [0.717, 1.165) is 12.6 Å². The van der Waals surface area contributed by atoms with Gasteiger partial charge in [0.2, 0.25) is 0 Å². The zero-order valence-electron chi connectivity index (χ0n) is 5.03. The molecule has 0 saturated heterocycles. The van der Waals surface area contributed by atoms with Crippen LogP contribution >= 0.6 is 0 Å². The van der Waals surface area contributed by atoms with Crippen molar-refractivity contribution in [2.45, 2.75) is 6.42 Å². The maximum atomic E-state index is 9.70. The van der Waals surface area contributed by atoms with Gasteiger partial charge < -0.3 is 10.5 Å². The predicted molar refractivity (Wildman–Crippen MR) is 36.7 cm³/mol. The van der Waals surface area contributed by atoms with Gasteiger partial charge in [0.05, 0.1) is 6.34 Å². The van der Waals surface area contributed by atoms with Crippen molar-refractivity contribution in [3.63, 3.8) is 0 Å². The van der Waals surface area contributed by atoms with E-state index in [0.29, 0.717) is 13.0 Å². The van der Waals surface area contributed by atoms with Gasteiger partial charge in [-0.25, -0.2) is 4.99 Å². The first-order valence-electron chi connectivity index (χ1n) is 2.57. The molecule has 0 bridgehead atoms. The van der Waals surface area contributed by atoms with Gasteiger partial charge in [0.25, 0.3) is 0 Å². The molecule has 0 atom stereocenters. The summed E-state index contributed by atoms with van der Waals surface area (Å²) in [6, 6.07) is 0. The summed E-state index contributed by atoms with van der Waals surface area (Å²) in [5.74, 6) is 0. The van der Waals surface area contributed by atoms with Crippen LogP contribution in [0.3, 0.4) is 0 Å². The van der Waals surface area contributed by atoms with Crippen LogP contribution in [0, 0.1) is 0 Å². The maximum absolute atomic E-state index is 9.70. The molecule has 50 valence electrons. The van der Waals surface area contributed by atoms with Gasteiger partial charge in [-0.1, -0.05) is 0 Å². The van der Waals surface area contributed by atoms with E-state index in [9.17, 15) is 4.79 Å². The fraction of sp³-hybridized carbons (Fsp3) is 0.400. The predicted octanol–water partition coefficient (Wildman–Crippen LogP) is -0.409. The highest BCUT2D eigenvalue weighted by Crippen LogP contribution is 1.72. The van der Waals surface area contributed by atoms with Crippen molar-refractivity contribution < 1.29 is 4.79 Å². The lowest BCUT2D eigenvalue weighted by molar-refractivity contribution is -0.107. The Morgan fingerprint density at radius 1 is 1.56 bits per heavy atom. The summed E-state index contributed by atoms with van der Waals surface area (Å²) in [5, 5.41) is 0. The Kier molecular flexibility index (Phi) is 5.91. The fourth-order valence-electron chi connectivity index (χ4n) is 0.271. The van der Waals surface area contributed by atoms with Crippen LogP contribution in [0.1, 0.15) is 6.42 Å². The Balaban J connectivity index is 3.14. The number of carbonyl (C=O) groups is 1. The third-order valence-corrected chi connectivity index (χ3v) is 0.610. The van der Waals surface area contributed by atoms with E-state index in [1.807, 2.05) is 0 Å². The van der Waals surface area contributed by atoms with Crippen molar-refractivity contribution in [2.75, 3.05) is 6.54 Å². The summed E-state index contributed by atoms with van der Waals surface area (Å²) in [7, 11) is 0. The van der Waals surface area contributed by atoms with E-state index < -0.39 is 0 Å². The highest BCUT2D eigenvalue weighted by molar-refractivity contribution is 5.69. The van der Waals surface area contributed by atoms with Crippen LogP contribution in [0.25, 0.3) is 0 Å². The molecule has 0 amide bonds. The molecular formula is C5H9N3O. The second-order valence-electron chi connectivity index (χ2n) is 1.28. The molecule has 9 heavy (non-hydrogen) atoms. The van der Waals surface area contributed by atoms with Crippen LogP contribution in [-0.2, 0) is 4.79 Å². The number of aldehydes is 1. The average molecular weight is 127 g/mol. The van der Waals surface area contributed by atoms with Gasteiger partial charge in [0, 0.05) is 13.0 Å². The lowest BCUT2D eigenvalue weighted by Gasteiger charge is -1.79. The van der Waals surface area contributed by atoms with Crippen molar-refractivity contribution in [3.05, 3.63) is 0 Å². The number of carbonyl (C=O) groups excluding carboxylic acids is 1. The average Bonchev–Trinajstić information content (AvgIpc) is 1.89. The maximum Gasteiger partial charge on any atom is 0.121 e. The minimum Gasteiger partial charge on any atom is -0.390 e. The zero-order chi connectivity index (χ0) is 6.95. The number of rotatable bonds is 4. The van der Waals surface area contributed by atoms with Crippen LogP contribution in [-0.4, -0.2) is 25.5 Å². The minimum absolute atomic E-state index is 0.441. The van der Waals surface area contributed by atoms with Crippen LogP contribution in [0.5, 0.6) is 0 Å². The fourth-order valence-corrected chi connectivity index (χ4v) is 0.271. The molecule has 0 radical (unpaired) electrons. The van der Waals surface area contributed by atoms with Gasteiger partial charge in [-0.15, -0.1) is 0 Å². The molecule has 0 unspecified atom stereocenters. The smallest absolute Gasteiger partial charge is 0.121 e. The van der Waals surface area contributed by atoms with Crippen LogP contribution in [0.4, 0.5) is 0 Å². The van der Waals surface area contributed by atoms with Gasteiger partial charge in [0.1, 0.15) is 12.6 Å². The standard InChI is InChI=1S/C5H9N3O/c6-4-8-5-7-2-1-3-9/h3-5H,1-2H2,(H2,6,7,8). The summed E-state index contributed by atoms with van der Waals surface area (Å²) in [5.41, 5.74) is 4.89. The van der Waals surface area contributed by atoms with Crippen molar-refractivity contribution >= 4 is 19.0 Å². The third kappa shape index (κ3) is 6.81. The van der Waals surface area contributed by atoms with E-state index in [1.54, 1.807) is 0 Å². The SMILES string of the molecule is NC=NC=NCCC=O. The van der Waals surface area contributed by atoms with E-state index in [1.165, 1.54) is 6.34 Å². The molecular weight excluding hydrogens is 118 g/mol. The van der Waals surface area contributed by atoms with Gasteiger partial charge >= 0.3 is 0 Å². The number of nitrogens with two attached hydrogens (primary N) is 1. The molecule has 4 heteroatoms. The topological polar surface area (TPSA) is 67.8 Å². The Hall–Kier alpha value is -1.19. The molecule has 0 aliphatic rings. The van der Waals surface area contributed by atoms with Gasteiger partial charge in [-0.2, -0.15) is 0 Å². The van der Waals surface area contributed by atoms with E-state index in [-0.39, 0.29) is 0 Å². The summed E-state index contributed by atoms with van der Waals surface area (Å²) in [4.78, 5) is 16.9. The Morgan fingerprint density at radius 3 is 2.89 bits per heavy atom. The van der Waals surface area contributed by atoms with E-state index >= 15 is 0 Å². The molecule has 0 aromatic carbocycles.